The lowest BCUT2D eigenvalue weighted by molar-refractivity contribution is -0.132. The number of nitrogens with zero attached hydrogens (tertiary/aromatic N) is 2. The third-order valence-electron chi connectivity index (χ3n) is 3.15. The van der Waals surface area contributed by atoms with E-state index < -0.39 is 0 Å². The van der Waals surface area contributed by atoms with Gasteiger partial charge in [-0.1, -0.05) is 41.9 Å². The maximum atomic E-state index is 12.1. The Kier molecular flexibility index (Phi) is 5.40. The number of hydrogen-bond donors (Lipinski definition) is 0. The van der Waals surface area contributed by atoms with E-state index in [1.807, 2.05) is 24.3 Å². The van der Waals surface area contributed by atoms with Crippen LogP contribution in [0.1, 0.15) is 11.1 Å². The van der Waals surface area contributed by atoms with Crippen molar-refractivity contribution in [2.75, 3.05) is 13.7 Å². The summed E-state index contributed by atoms with van der Waals surface area (Å²) in [6.45, 7) is 0.279. The number of likely N-dealkylation sites (N-methyl/N-ethyl adjacent to an activating group) is 1. The maximum absolute atomic E-state index is 12.1. The summed E-state index contributed by atoms with van der Waals surface area (Å²) < 4.78 is 5.43. The summed E-state index contributed by atoms with van der Waals surface area (Å²) in [7, 11) is 1.69. The van der Waals surface area contributed by atoms with Crippen LogP contribution in [0, 0.1) is 11.3 Å². The van der Waals surface area contributed by atoms with Crippen molar-refractivity contribution in [2.45, 2.75) is 6.54 Å². The lowest BCUT2D eigenvalue weighted by Crippen LogP contribution is -2.31. The predicted octanol–water partition coefficient (Wildman–Crippen LogP) is 3.25. The zero-order valence-corrected chi connectivity index (χ0v) is 12.9. The van der Waals surface area contributed by atoms with E-state index in [0.717, 1.165) is 5.56 Å². The first kappa shape index (κ1) is 15.9. The highest BCUT2D eigenvalue weighted by atomic mass is 35.5. The molecular formula is C17H15ClN2O2. The maximum Gasteiger partial charge on any atom is 0.260 e. The van der Waals surface area contributed by atoms with E-state index in [2.05, 4.69) is 0 Å². The van der Waals surface area contributed by atoms with Gasteiger partial charge in [0.1, 0.15) is 11.8 Å². The fraction of sp³-hybridized carbons (Fsp3) is 0.176. The second kappa shape index (κ2) is 7.48. The number of amides is 1. The van der Waals surface area contributed by atoms with Crippen LogP contribution in [0.15, 0.2) is 48.5 Å². The average molecular weight is 315 g/mol. The molecular weight excluding hydrogens is 300 g/mol. The Morgan fingerprint density at radius 2 is 1.91 bits per heavy atom. The molecule has 112 valence electrons. The molecule has 1 amide bonds. The van der Waals surface area contributed by atoms with Crippen molar-refractivity contribution in [2.24, 2.45) is 0 Å². The number of hydrogen-bond acceptors (Lipinski definition) is 3. The molecule has 0 aliphatic carbocycles. The van der Waals surface area contributed by atoms with Crippen LogP contribution in [-0.2, 0) is 11.3 Å². The molecule has 0 atom stereocenters. The van der Waals surface area contributed by atoms with Crippen molar-refractivity contribution in [1.82, 2.24) is 4.90 Å². The SMILES string of the molecule is CN(Cc1ccccc1Cl)C(=O)COc1ccccc1C#N. The highest BCUT2D eigenvalue weighted by molar-refractivity contribution is 6.31. The van der Waals surface area contributed by atoms with Gasteiger partial charge in [-0.25, -0.2) is 0 Å². The number of para-hydroxylation sites is 1. The van der Waals surface area contributed by atoms with Crippen LogP contribution in [0.25, 0.3) is 0 Å². The van der Waals surface area contributed by atoms with Gasteiger partial charge in [-0.3, -0.25) is 4.79 Å². The van der Waals surface area contributed by atoms with Gasteiger partial charge in [0.15, 0.2) is 6.61 Å². The first-order valence-corrected chi connectivity index (χ1v) is 7.09. The Balaban J connectivity index is 1.95. The van der Waals surface area contributed by atoms with Crippen LogP contribution in [0.4, 0.5) is 0 Å². The topological polar surface area (TPSA) is 53.3 Å². The molecule has 22 heavy (non-hydrogen) atoms. The molecule has 0 N–H and O–H groups in total. The molecule has 2 aromatic rings. The molecule has 0 unspecified atom stereocenters. The van der Waals surface area contributed by atoms with Crippen molar-refractivity contribution in [3.8, 4) is 11.8 Å². The van der Waals surface area contributed by atoms with Crippen LogP contribution in [0.3, 0.4) is 0 Å². The van der Waals surface area contributed by atoms with Gasteiger partial charge >= 0.3 is 0 Å². The van der Waals surface area contributed by atoms with E-state index in [0.29, 0.717) is 22.9 Å². The van der Waals surface area contributed by atoms with Crippen molar-refractivity contribution < 1.29 is 9.53 Å². The van der Waals surface area contributed by atoms with Gasteiger partial charge in [0.25, 0.3) is 5.91 Å². The number of halogens is 1. The number of carbonyl (C=O) groups is 1. The molecule has 5 heteroatoms. The first-order chi connectivity index (χ1) is 10.6. The molecule has 0 saturated heterocycles. The number of benzene rings is 2. The van der Waals surface area contributed by atoms with Gasteiger partial charge < -0.3 is 9.64 Å². The standard InChI is InChI=1S/C17H15ClN2O2/c1-20(11-14-7-2-4-8-15(14)18)17(21)12-22-16-9-5-3-6-13(16)10-19/h2-9H,11-12H2,1H3. The zero-order valence-electron chi connectivity index (χ0n) is 12.1. The van der Waals surface area contributed by atoms with Crippen LogP contribution in [0.2, 0.25) is 5.02 Å². The molecule has 0 aliphatic heterocycles. The van der Waals surface area contributed by atoms with Gasteiger partial charge in [-0.2, -0.15) is 5.26 Å². The van der Waals surface area contributed by atoms with Crippen molar-refractivity contribution in [1.29, 1.82) is 5.26 Å². The number of ether oxygens (including phenoxy) is 1. The quantitative estimate of drug-likeness (QED) is 0.851. The molecule has 0 saturated carbocycles. The first-order valence-electron chi connectivity index (χ1n) is 6.71. The minimum atomic E-state index is -0.187. The minimum absolute atomic E-state index is 0.125. The van der Waals surface area contributed by atoms with Gasteiger partial charge in [0, 0.05) is 18.6 Å². The van der Waals surface area contributed by atoms with E-state index >= 15 is 0 Å². The summed E-state index contributed by atoms with van der Waals surface area (Å²) in [6.07, 6.45) is 0. The Bertz CT molecular complexity index is 710. The predicted molar refractivity (Wildman–Crippen MR) is 84.6 cm³/mol. The van der Waals surface area contributed by atoms with Crippen LogP contribution < -0.4 is 4.74 Å². The van der Waals surface area contributed by atoms with Crippen molar-refractivity contribution >= 4 is 17.5 Å². The summed E-state index contributed by atoms with van der Waals surface area (Å²) >= 11 is 6.08. The van der Waals surface area contributed by atoms with Crippen LogP contribution >= 0.6 is 11.6 Å². The normalized spacial score (nSPS) is 9.86. The molecule has 0 heterocycles. The lowest BCUT2D eigenvalue weighted by Gasteiger charge is -2.18. The third kappa shape index (κ3) is 4.00. The largest absolute Gasteiger partial charge is 0.482 e. The van der Waals surface area contributed by atoms with Crippen LogP contribution in [-0.4, -0.2) is 24.5 Å². The number of rotatable bonds is 5. The highest BCUT2D eigenvalue weighted by Crippen LogP contribution is 2.18. The molecule has 0 aliphatic rings. The van der Waals surface area contributed by atoms with E-state index in [-0.39, 0.29) is 12.5 Å². The van der Waals surface area contributed by atoms with Crippen molar-refractivity contribution in [3.63, 3.8) is 0 Å². The van der Waals surface area contributed by atoms with E-state index in [1.165, 1.54) is 4.90 Å². The minimum Gasteiger partial charge on any atom is -0.482 e. The Hall–Kier alpha value is -2.51. The molecule has 0 spiro atoms. The smallest absolute Gasteiger partial charge is 0.260 e. The van der Waals surface area contributed by atoms with Gasteiger partial charge in [-0.05, 0) is 23.8 Å². The molecule has 0 aromatic heterocycles. The molecule has 0 fully saturated rings. The fourth-order valence-electron chi connectivity index (χ4n) is 1.90. The number of nitriles is 1. The van der Waals surface area contributed by atoms with E-state index in [4.69, 9.17) is 21.6 Å². The summed E-state index contributed by atoms with van der Waals surface area (Å²) in [5.41, 5.74) is 1.28. The molecule has 2 aromatic carbocycles. The monoisotopic (exact) mass is 314 g/mol. The zero-order chi connectivity index (χ0) is 15.9. The van der Waals surface area contributed by atoms with Gasteiger partial charge in [0.05, 0.1) is 5.56 Å². The summed E-state index contributed by atoms with van der Waals surface area (Å²) in [5.74, 6) is 0.220. The lowest BCUT2D eigenvalue weighted by atomic mass is 10.2. The van der Waals surface area contributed by atoms with Crippen molar-refractivity contribution in [3.05, 3.63) is 64.7 Å². The number of carbonyl (C=O) groups excluding carboxylic acids is 1. The average Bonchev–Trinajstić information content (AvgIpc) is 2.54. The highest BCUT2D eigenvalue weighted by Gasteiger charge is 2.12. The van der Waals surface area contributed by atoms with E-state index in [1.54, 1.807) is 37.4 Å². The van der Waals surface area contributed by atoms with Crippen LogP contribution in [0.5, 0.6) is 5.75 Å². The summed E-state index contributed by atoms with van der Waals surface area (Å²) in [5, 5.41) is 9.60. The summed E-state index contributed by atoms with van der Waals surface area (Å²) in [6, 6.07) is 16.2. The molecule has 0 radical (unpaired) electrons. The van der Waals surface area contributed by atoms with Gasteiger partial charge in [-0.15, -0.1) is 0 Å². The molecule has 0 bridgehead atoms. The Morgan fingerprint density at radius 1 is 1.23 bits per heavy atom. The molecule has 2 rings (SSSR count). The molecule has 4 nitrogen and oxygen atoms in total. The third-order valence-corrected chi connectivity index (χ3v) is 3.52. The second-order valence-electron chi connectivity index (χ2n) is 4.74. The Labute approximate surface area is 134 Å². The Morgan fingerprint density at radius 3 is 2.64 bits per heavy atom. The van der Waals surface area contributed by atoms with Gasteiger partial charge in [0.2, 0.25) is 0 Å². The summed E-state index contributed by atoms with van der Waals surface area (Å²) in [4.78, 5) is 13.6. The fourth-order valence-corrected chi connectivity index (χ4v) is 2.10. The second-order valence-corrected chi connectivity index (χ2v) is 5.15. The van der Waals surface area contributed by atoms with E-state index in [9.17, 15) is 4.79 Å².